The van der Waals surface area contributed by atoms with Gasteiger partial charge in [0.2, 0.25) is 5.28 Å². The molecule has 3 nitrogen and oxygen atoms in total. The highest BCUT2D eigenvalue weighted by Gasteiger charge is 2.16. The predicted molar refractivity (Wildman–Crippen MR) is 72.9 cm³/mol. The Morgan fingerprint density at radius 1 is 1.29 bits per heavy atom. The van der Waals surface area contributed by atoms with Crippen LogP contribution in [0.25, 0.3) is 5.69 Å². The van der Waals surface area contributed by atoms with Crippen molar-refractivity contribution in [1.29, 1.82) is 0 Å². The zero-order valence-electron chi connectivity index (χ0n) is 9.91. The highest BCUT2D eigenvalue weighted by molar-refractivity contribution is 9.10. The Kier molecular flexibility index (Phi) is 3.54. The summed E-state index contributed by atoms with van der Waals surface area (Å²) in [6, 6.07) is 6.00. The molecule has 0 aliphatic rings. The van der Waals surface area contributed by atoms with Gasteiger partial charge in [-0.2, -0.15) is 0 Å². The fourth-order valence-corrected chi connectivity index (χ4v) is 2.28. The van der Waals surface area contributed by atoms with Crippen LogP contribution in [-0.2, 0) is 0 Å². The minimum Gasteiger partial charge on any atom is -0.269 e. The summed E-state index contributed by atoms with van der Waals surface area (Å²) in [5.74, 6) is 1.14. The van der Waals surface area contributed by atoms with E-state index < -0.39 is 0 Å². The molecular formula is C12H13BrClN3. The Morgan fingerprint density at radius 2 is 2.00 bits per heavy atom. The minimum absolute atomic E-state index is 0.272. The second-order valence-electron chi connectivity index (χ2n) is 4.20. The maximum atomic E-state index is 6.12. The van der Waals surface area contributed by atoms with Crippen molar-refractivity contribution in [3.8, 4) is 5.69 Å². The Labute approximate surface area is 114 Å². The summed E-state index contributed by atoms with van der Waals surface area (Å²) in [6.07, 6.45) is 0. The molecule has 0 aliphatic heterocycles. The molecule has 0 radical (unpaired) electrons. The predicted octanol–water partition coefficient (Wildman–Crippen LogP) is 4.12. The molecule has 0 spiro atoms. The maximum Gasteiger partial charge on any atom is 0.229 e. The second-order valence-corrected chi connectivity index (χ2v) is 5.39. The zero-order chi connectivity index (χ0) is 12.6. The molecule has 0 atom stereocenters. The largest absolute Gasteiger partial charge is 0.269 e. The third-order valence-electron chi connectivity index (χ3n) is 2.64. The van der Waals surface area contributed by atoms with Gasteiger partial charge in [0, 0.05) is 10.4 Å². The quantitative estimate of drug-likeness (QED) is 0.835. The SMILES string of the molecule is Cc1c(Br)cccc1-n1c(Cl)nnc1C(C)C. The van der Waals surface area contributed by atoms with Crippen molar-refractivity contribution in [2.75, 3.05) is 0 Å². The molecule has 1 heterocycles. The molecule has 0 fully saturated rings. The molecule has 0 N–H and O–H groups in total. The molecule has 2 aromatic rings. The Hall–Kier alpha value is -0.870. The van der Waals surface area contributed by atoms with Gasteiger partial charge in [0.1, 0.15) is 5.82 Å². The smallest absolute Gasteiger partial charge is 0.229 e. The fraction of sp³-hybridized carbons (Fsp3) is 0.333. The molecule has 90 valence electrons. The van der Waals surface area contributed by atoms with Gasteiger partial charge in [-0.3, -0.25) is 4.57 Å². The summed E-state index contributed by atoms with van der Waals surface area (Å²) in [5, 5.41) is 8.47. The van der Waals surface area contributed by atoms with Gasteiger partial charge in [0.05, 0.1) is 5.69 Å². The van der Waals surface area contributed by atoms with Crippen molar-refractivity contribution >= 4 is 27.5 Å². The number of hydrogen-bond donors (Lipinski definition) is 0. The highest BCUT2D eigenvalue weighted by atomic mass is 79.9. The monoisotopic (exact) mass is 313 g/mol. The van der Waals surface area contributed by atoms with Crippen LogP contribution in [0.1, 0.15) is 31.2 Å². The first kappa shape index (κ1) is 12.6. The lowest BCUT2D eigenvalue weighted by molar-refractivity contribution is 0.744. The van der Waals surface area contributed by atoms with Crippen LogP contribution in [-0.4, -0.2) is 14.8 Å². The molecule has 1 aromatic heterocycles. The molecule has 2 rings (SSSR count). The average Bonchev–Trinajstić information content (AvgIpc) is 2.65. The Balaban J connectivity index is 2.68. The van der Waals surface area contributed by atoms with Gasteiger partial charge in [-0.1, -0.05) is 35.8 Å². The van der Waals surface area contributed by atoms with E-state index in [2.05, 4.69) is 40.0 Å². The molecule has 0 aliphatic carbocycles. The van der Waals surface area contributed by atoms with Crippen LogP contribution in [0.2, 0.25) is 5.28 Å². The van der Waals surface area contributed by atoms with Crippen molar-refractivity contribution in [2.24, 2.45) is 0 Å². The van der Waals surface area contributed by atoms with E-state index >= 15 is 0 Å². The van der Waals surface area contributed by atoms with Crippen LogP contribution in [0.3, 0.4) is 0 Å². The van der Waals surface area contributed by atoms with Gasteiger partial charge >= 0.3 is 0 Å². The van der Waals surface area contributed by atoms with Gasteiger partial charge in [-0.25, -0.2) is 0 Å². The van der Waals surface area contributed by atoms with E-state index in [1.807, 2.05) is 29.7 Å². The third kappa shape index (κ3) is 2.24. The van der Waals surface area contributed by atoms with Crippen molar-refractivity contribution in [3.05, 3.63) is 39.3 Å². The van der Waals surface area contributed by atoms with Gasteiger partial charge in [0.25, 0.3) is 0 Å². The van der Waals surface area contributed by atoms with E-state index in [-0.39, 0.29) is 5.92 Å². The molecule has 0 saturated carbocycles. The van der Waals surface area contributed by atoms with E-state index in [1.165, 1.54) is 0 Å². The summed E-state index contributed by atoms with van der Waals surface area (Å²) in [6.45, 7) is 6.19. The van der Waals surface area contributed by atoms with Crippen LogP contribution in [0.15, 0.2) is 22.7 Å². The zero-order valence-corrected chi connectivity index (χ0v) is 12.2. The summed E-state index contributed by atoms with van der Waals surface area (Å²) in [5.41, 5.74) is 2.13. The van der Waals surface area contributed by atoms with E-state index in [0.29, 0.717) is 5.28 Å². The van der Waals surface area contributed by atoms with E-state index in [9.17, 15) is 0 Å². The lowest BCUT2D eigenvalue weighted by Crippen LogP contribution is -2.05. The molecule has 0 saturated heterocycles. The van der Waals surface area contributed by atoms with Crippen LogP contribution < -0.4 is 0 Å². The van der Waals surface area contributed by atoms with E-state index in [4.69, 9.17) is 11.6 Å². The number of benzene rings is 1. The van der Waals surface area contributed by atoms with Gasteiger partial charge in [-0.05, 0) is 36.2 Å². The van der Waals surface area contributed by atoms with Gasteiger partial charge in [-0.15, -0.1) is 10.2 Å². The van der Waals surface area contributed by atoms with Crippen molar-refractivity contribution < 1.29 is 0 Å². The Morgan fingerprint density at radius 3 is 2.65 bits per heavy atom. The molecule has 0 unspecified atom stereocenters. The molecule has 5 heteroatoms. The number of nitrogens with zero attached hydrogens (tertiary/aromatic N) is 3. The van der Waals surface area contributed by atoms with E-state index in [1.54, 1.807) is 0 Å². The van der Waals surface area contributed by atoms with Crippen LogP contribution in [0, 0.1) is 6.92 Å². The topological polar surface area (TPSA) is 30.7 Å². The number of aromatic nitrogens is 3. The van der Waals surface area contributed by atoms with Crippen LogP contribution in [0.4, 0.5) is 0 Å². The second kappa shape index (κ2) is 4.78. The molecule has 17 heavy (non-hydrogen) atoms. The van der Waals surface area contributed by atoms with Crippen LogP contribution in [0.5, 0.6) is 0 Å². The maximum absolute atomic E-state index is 6.12. The lowest BCUT2D eigenvalue weighted by Gasteiger charge is -2.13. The summed E-state index contributed by atoms with van der Waals surface area (Å²) in [4.78, 5) is 0. The summed E-state index contributed by atoms with van der Waals surface area (Å²) < 4.78 is 2.95. The summed E-state index contributed by atoms with van der Waals surface area (Å²) in [7, 11) is 0. The molecule has 0 bridgehead atoms. The van der Waals surface area contributed by atoms with Crippen molar-refractivity contribution in [3.63, 3.8) is 0 Å². The van der Waals surface area contributed by atoms with Crippen molar-refractivity contribution in [2.45, 2.75) is 26.7 Å². The van der Waals surface area contributed by atoms with E-state index in [0.717, 1.165) is 21.5 Å². The molecule has 0 amide bonds. The highest BCUT2D eigenvalue weighted by Crippen LogP contribution is 2.28. The first-order chi connectivity index (χ1) is 8.02. The molecular weight excluding hydrogens is 302 g/mol. The number of hydrogen-bond acceptors (Lipinski definition) is 2. The first-order valence-corrected chi connectivity index (χ1v) is 6.55. The average molecular weight is 315 g/mol. The van der Waals surface area contributed by atoms with Crippen LogP contribution >= 0.6 is 27.5 Å². The van der Waals surface area contributed by atoms with Gasteiger partial charge in [0.15, 0.2) is 0 Å². The number of halogens is 2. The standard InChI is InChI=1S/C12H13BrClN3/c1-7(2)11-15-16-12(14)17(11)10-6-4-5-9(13)8(10)3/h4-7H,1-3H3. The lowest BCUT2D eigenvalue weighted by atomic mass is 10.1. The fourth-order valence-electron chi connectivity index (χ4n) is 1.71. The normalized spacial score (nSPS) is 11.2. The van der Waals surface area contributed by atoms with Gasteiger partial charge < -0.3 is 0 Å². The minimum atomic E-state index is 0.272. The summed E-state index contributed by atoms with van der Waals surface area (Å²) >= 11 is 9.64. The Bertz CT molecular complexity index is 549. The molecule has 1 aromatic carbocycles. The van der Waals surface area contributed by atoms with Crippen molar-refractivity contribution in [1.82, 2.24) is 14.8 Å². The number of rotatable bonds is 2. The first-order valence-electron chi connectivity index (χ1n) is 5.38. The third-order valence-corrected chi connectivity index (χ3v) is 3.75.